The van der Waals surface area contributed by atoms with Crippen molar-refractivity contribution >= 4 is 5.91 Å². The average Bonchev–Trinajstić information content (AvgIpc) is 3.16. The SMILES string of the molecule is CC(C)CN1C[C@@H](COc2cccc(F)c2)C[C@@H](C(=O)N2CCC(N(C)C)C2)C1. The number of carbonyl (C=O) groups is 1. The van der Waals surface area contributed by atoms with Crippen LogP contribution in [0.15, 0.2) is 24.3 Å². The van der Waals surface area contributed by atoms with Gasteiger partial charge in [-0.2, -0.15) is 0 Å². The van der Waals surface area contributed by atoms with Gasteiger partial charge in [-0.05, 0) is 45.0 Å². The van der Waals surface area contributed by atoms with Crippen LogP contribution in [0.25, 0.3) is 0 Å². The number of carbonyl (C=O) groups excluding carboxylic acids is 1. The van der Waals surface area contributed by atoms with E-state index >= 15 is 0 Å². The molecule has 1 unspecified atom stereocenters. The predicted octanol–water partition coefficient (Wildman–Crippen LogP) is 2.96. The van der Waals surface area contributed by atoms with E-state index in [0.29, 0.717) is 30.2 Å². The summed E-state index contributed by atoms with van der Waals surface area (Å²) in [6.07, 6.45) is 1.89. The van der Waals surface area contributed by atoms with Crippen molar-refractivity contribution < 1.29 is 13.9 Å². The molecule has 3 atom stereocenters. The zero-order valence-electron chi connectivity index (χ0n) is 18.3. The Bertz CT molecular complexity index is 682. The van der Waals surface area contributed by atoms with Crippen molar-refractivity contribution in [3.05, 3.63) is 30.1 Å². The van der Waals surface area contributed by atoms with E-state index in [0.717, 1.165) is 45.6 Å². The average molecular weight is 406 g/mol. The molecule has 6 heteroatoms. The van der Waals surface area contributed by atoms with Crippen LogP contribution in [-0.4, -0.2) is 80.1 Å². The fourth-order valence-electron chi connectivity index (χ4n) is 4.66. The third-order valence-corrected chi connectivity index (χ3v) is 6.07. The third kappa shape index (κ3) is 6.16. The molecule has 5 nitrogen and oxygen atoms in total. The lowest BCUT2D eigenvalue weighted by molar-refractivity contribution is -0.137. The summed E-state index contributed by atoms with van der Waals surface area (Å²) in [6, 6.07) is 6.75. The molecule has 0 aliphatic carbocycles. The van der Waals surface area contributed by atoms with E-state index in [2.05, 4.69) is 42.6 Å². The van der Waals surface area contributed by atoms with Gasteiger partial charge in [0, 0.05) is 50.7 Å². The first-order valence-corrected chi connectivity index (χ1v) is 10.9. The largest absolute Gasteiger partial charge is 0.493 e. The minimum Gasteiger partial charge on any atom is -0.493 e. The highest BCUT2D eigenvalue weighted by Crippen LogP contribution is 2.27. The van der Waals surface area contributed by atoms with Crippen LogP contribution in [0.1, 0.15) is 26.7 Å². The van der Waals surface area contributed by atoms with Crippen LogP contribution >= 0.6 is 0 Å². The summed E-state index contributed by atoms with van der Waals surface area (Å²) in [4.78, 5) is 19.9. The maximum Gasteiger partial charge on any atom is 0.227 e. The van der Waals surface area contributed by atoms with Crippen molar-refractivity contribution in [2.24, 2.45) is 17.8 Å². The summed E-state index contributed by atoms with van der Waals surface area (Å²) in [6.45, 7) is 9.37. The molecule has 0 aromatic heterocycles. The summed E-state index contributed by atoms with van der Waals surface area (Å²) < 4.78 is 19.3. The highest BCUT2D eigenvalue weighted by Gasteiger charge is 2.37. The summed E-state index contributed by atoms with van der Waals surface area (Å²) in [5.74, 6) is 1.40. The molecular weight excluding hydrogens is 369 g/mol. The number of ether oxygens (including phenoxy) is 1. The topological polar surface area (TPSA) is 36.0 Å². The van der Waals surface area contributed by atoms with Crippen molar-refractivity contribution in [3.8, 4) is 5.75 Å². The maximum absolute atomic E-state index is 13.4. The number of rotatable bonds is 7. The lowest BCUT2D eigenvalue weighted by Crippen LogP contribution is -2.49. The molecule has 1 aromatic rings. The number of piperidine rings is 1. The number of amides is 1. The van der Waals surface area contributed by atoms with E-state index < -0.39 is 0 Å². The zero-order valence-corrected chi connectivity index (χ0v) is 18.3. The second kappa shape index (κ2) is 9.90. The Kier molecular flexibility index (Phi) is 7.52. The van der Waals surface area contributed by atoms with E-state index in [1.807, 2.05) is 0 Å². The van der Waals surface area contributed by atoms with E-state index in [9.17, 15) is 9.18 Å². The highest BCUT2D eigenvalue weighted by molar-refractivity contribution is 5.79. The Morgan fingerprint density at radius 3 is 2.72 bits per heavy atom. The number of hydrogen-bond donors (Lipinski definition) is 0. The standard InChI is InChI=1S/C23H36FN3O2/c1-17(2)12-26-13-18(16-29-22-7-5-6-20(24)11-22)10-19(14-26)23(28)27-9-8-21(15-27)25(3)4/h5-7,11,17-19,21H,8-10,12-16H2,1-4H3/t18-,19+,21?/m0/s1. The number of benzene rings is 1. The molecule has 1 amide bonds. The first kappa shape index (κ1) is 22.0. The monoisotopic (exact) mass is 405 g/mol. The van der Waals surface area contributed by atoms with E-state index in [4.69, 9.17) is 4.74 Å². The number of hydrogen-bond acceptors (Lipinski definition) is 4. The van der Waals surface area contributed by atoms with Crippen LogP contribution in [0.5, 0.6) is 5.75 Å². The van der Waals surface area contributed by atoms with Gasteiger partial charge in [-0.3, -0.25) is 4.79 Å². The van der Waals surface area contributed by atoms with E-state index in [1.165, 1.54) is 12.1 Å². The van der Waals surface area contributed by atoms with Crippen molar-refractivity contribution in [2.75, 3.05) is 53.4 Å². The lowest BCUT2D eigenvalue weighted by atomic mass is 9.88. The molecule has 0 N–H and O–H groups in total. The number of likely N-dealkylation sites (N-methyl/N-ethyl adjacent to an activating group) is 1. The molecule has 2 fully saturated rings. The Morgan fingerprint density at radius 2 is 2.07 bits per heavy atom. The quantitative estimate of drug-likeness (QED) is 0.699. The van der Waals surface area contributed by atoms with E-state index in [-0.39, 0.29) is 17.7 Å². The van der Waals surface area contributed by atoms with Crippen LogP contribution in [0, 0.1) is 23.6 Å². The summed E-state index contributed by atoms with van der Waals surface area (Å²) >= 11 is 0. The van der Waals surface area contributed by atoms with E-state index in [1.54, 1.807) is 12.1 Å². The van der Waals surface area contributed by atoms with Crippen LogP contribution in [-0.2, 0) is 4.79 Å². The molecular formula is C23H36FN3O2. The van der Waals surface area contributed by atoms with Gasteiger partial charge < -0.3 is 19.4 Å². The molecule has 0 radical (unpaired) electrons. The van der Waals surface area contributed by atoms with Gasteiger partial charge in [0.2, 0.25) is 5.91 Å². The number of nitrogens with zero attached hydrogens (tertiary/aromatic N) is 3. The van der Waals surface area contributed by atoms with Gasteiger partial charge in [-0.15, -0.1) is 0 Å². The number of halogens is 1. The fraction of sp³-hybridized carbons (Fsp3) is 0.696. The van der Waals surface area contributed by atoms with Gasteiger partial charge >= 0.3 is 0 Å². The third-order valence-electron chi connectivity index (χ3n) is 6.07. The fourth-order valence-corrected chi connectivity index (χ4v) is 4.66. The molecule has 0 saturated carbocycles. The highest BCUT2D eigenvalue weighted by atomic mass is 19.1. The molecule has 2 aliphatic rings. The Morgan fingerprint density at radius 1 is 1.28 bits per heavy atom. The van der Waals surface area contributed by atoms with Gasteiger partial charge in [0.25, 0.3) is 0 Å². The molecule has 2 saturated heterocycles. The minimum absolute atomic E-state index is 0.0181. The second-order valence-electron chi connectivity index (χ2n) is 9.37. The molecule has 162 valence electrons. The summed E-state index contributed by atoms with van der Waals surface area (Å²) in [5, 5.41) is 0. The van der Waals surface area contributed by atoms with Crippen molar-refractivity contribution in [1.82, 2.24) is 14.7 Å². The number of likely N-dealkylation sites (tertiary alicyclic amines) is 2. The maximum atomic E-state index is 13.4. The molecule has 0 bridgehead atoms. The Hall–Kier alpha value is -1.66. The zero-order chi connectivity index (χ0) is 21.0. The normalized spacial score (nSPS) is 25.8. The molecule has 0 spiro atoms. The van der Waals surface area contributed by atoms with Gasteiger partial charge in [0.05, 0.1) is 12.5 Å². The van der Waals surface area contributed by atoms with Gasteiger partial charge in [0.15, 0.2) is 0 Å². The van der Waals surface area contributed by atoms with Gasteiger partial charge in [0.1, 0.15) is 11.6 Å². The Labute approximate surface area is 174 Å². The van der Waals surface area contributed by atoms with Gasteiger partial charge in [-0.1, -0.05) is 19.9 Å². The Balaban J connectivity index is 1.62. The van der Waals surface area contributed by atoms with Crippen molar-refractivity contribution in [1.29, 1.82) is 0 Å². The van der Waals surface area contributed by atoms with Crippen molar-refractivity contribution in [2.45, 2.75) is 32.7 Å². The van der Waals surface area contributed by atoms with Crippen LogP contribution in [0.4, 0.5) is 4.39 Å². The van der Waals surface area contributed by atoms with Crippen LogP contribution in [0.2, 0.25) is 0 Å². The molecule has 29 heavy (non-hydrogen) atoms. The molecule has 2 aliphatic heterocycles. The molecule has 3 rings (SSSR count). The first-order valence-electron chi connectivity index (χ1n) is 10.9. The molecule has 1 aromatic carbocycles. The second-order valence-corrected chi connectivity index (χ2v) is 9.37. The van der Waals surface area contributed by atoms with Gasteiger partial charge in [-0.25, -0.2) is 4.39 Å². The van der Waals surface area contributed by atoms with Crippen LogP contribution < -0.4 is 4.74 Å². The van der Waals surface area contributed by atoms with Crippen LogP contribution in [0.3, 0.4) is 0 Å². The predicted molar refractivity (Wildman–Crippen MR) is 113 cm³/mol. The molecule has 2 heterocycles. The minimum atomic E-state index is -0.287. The van der Waals surface area contributed by atoms with Crippen molar-refractivity contribution in [3.63, 3.8) is 0 Å². The lowest BCUT2D eigenvalue weighted by Gasteiger charge is -2.39. The smallest absolute Gasteiger partial charge is 0.227 e. The first-order chi connectivity index (χ1) is 13.8. The summed E-state index contributed by atoms with van der Waals surface area (Å²) in [7, 11) is 4.17. The summed E-state index contributed by atoms with van der Waals surface area (Å²) in [5.41, 5.74) is 0.